The molecule has 1 amide bonds. The van der Waals surface area contributed by atoms with E-state index in [9.17, 15) is 13.2 Å². The van der Waals surface area contributed by atoms with E-state index < -0.39 is 15.9 Å². The van der Waals surface area contributed by atoms with Crippen LogP contribution in [0.4, 0.5) is 0 Å². The minimum Gasteiger partial charge on any atom is -0.495 e. The molecule has 9 heteroatoms. The van der Waals surface area contributed by atoms with Crippen molar-refractivity contribution in [1.82, 2.24) is 4.72 Å². The van der Waals surface area contributed by atoms with Crippen LogP contribution in [0.15, 0.2) is 27.6 Å². The average Bonchev–Trinajstić information content (AvgIpc) is 2.37. The lowest BCUT2D eigenvalue weighted by Crippen LogP contribution is -2.29. The molecule has 0 unspecified atom stereocenters. The molecule has 0 aromatic heterocycles. The molecule has 0 saturated carbocycles. The number of rotatable bonds is 8. The monoisotopic (exact) mass is 366 g/mol. The molecule has 0 aliphatic rings. The minimum atomic E-state index is -3.73. The molecular weight excluding hydrogens is 352 g/mol. The quantitative estimate of drug-likeness (QED) is 0.640. The molecule has 0 radical (unpaired) electrons. The summed E-state index contributed by atoms with van der Waals surface area (Å²) in [6.07, 6.45) is 0. The molecule has 0 aliphatic carbocycles. The van der Waals surface area contributed by atoms with E-state index in [4.69, 9.17) is 15.2 Å². The first-order valence-corrected chi connectivity index (χ1v) is 7.83. The van der Waals surface area contributed by atoms with Gasteiger partial charge >= 0.3 is 0 Å². The van der Waals surface area contributed by atoms with Crippen molar-refractivity contribution in [2.24, 2.45) is 5.73 Å². The normalized spacial score (nSPS) is 11.3. The van der Waals surface area contributed by atoms with Gasteiger partial charge in [-0.15, -0.1) is 0 Å². The van der Waals surface area contributed by atoms with Gasteiger partial charge in [0.2, 0.25) is 15.9 Å². The third kappa shape index (κ3) is 5.08. The number of ether oxygens (including phenoxy) is 2. The maximum Gasteiger partial charge on any atom is 0.244 e. The highest BCUT2D eigenvalue weighted by Crippen LogP contribution is 2.26. The Morgan fingerprint density at radius 1 is 1.45 bits per heavy atom. The highest BCUT2D eigenvalue weighted by atomic mass is 79.9. The number of primary amides is 1. The molecule has 0 atom stereocenters. The Labute approximate surface area is 125 Å². The maximum atomic E-state index is 12.1. The van der Waals surface area contributed by atoms with E-state index in [2.05, 4.69) is 20.7 Å². The Morgan fingerprint density at radius 2 is 2.15 bits per heavy atom. The van der Waals surface area contributed by atoms with Gasteiger partial charge in [-0.1, -0.05) is 15.9 Å². The lowest BCUT2D eigenvalue weighted by atomic mass is 10.3. The van der Waals surface area contributed by atoms with Gasteiger partial charge in [0.25, 0.3) is 0 Å². The summed E-state index contributed by atoms with van der Waals surface area (Å²) in [5.74, 6) is -0.375. The summed E-state index contributed by atoms with van der Waals surface area (Å²) in [7, 11) is -2.34. The van der Waals surface area contributed by atoms with Crippen LogP contribution in [-0.2, 0) is 19.6 Å². The predicted molar refractivity (Wildman–Crippen MR) is 75.9 cm³/mol. The summed E-state index contributed by atoms with van der Waals surface area (Å²) in [5, 5.41) is 0. The highest BCUT2D eigenvalue weighted by molar-refractivity contribution is 9.10. The highest BCUT2D eigenvalue weighted by Gasteiger charge is 2.19. The summed E-state index contributed by atoms with van der Waals surface area (Å²) in [6.45, 7) is -0.189. The number of sulfonamides is 1. The number of hydrogen-bond donors (Lipinski definition) is 2. The molecule has 0 spiro atoms. The Hall–Kier alpha value is -1.16. The first kappa shape index (κ1) is 16.9. The lowest BCUT2D eigenvalue weighted by molar-refractivity contribution is -0.122. The van der Waals surface area contributed by atoms with Crippen molar-refractivity contribution >= 4 is 31.9 Å². The first-order valence-electron chi connectivity index (χ1n) is 5.56. The molecule has 0 saturated heterocycles. The van der Waals surface area contributed by atoms with E-state index in [1.165, 1.54) is 13.2 Å². The second-order valence-electron chi connectivity index (χ2n) is 3.71. The molecular formula is C11H15BrN2O5S. The first-order chi connectivity index (χ1) is 9.36. The van der Waals surface area contributed by atoms with E-state index in [1.54, 1.807) is 12.1 Å². The zero-order valence-electron chi connectivity index (χ0n) is 10.8. The number of halogens is 1. The van der Waals surface area contributed by atoms with Crippen LogP contribution in [0, 0.1) is 0 Å². The Bertz CT molecular complexity index is 576. The molecule has 20 heavy (non-hydrogen) atoms. The third-order valence-electron chi connectivity index (χ3n) is 2.20. The molecule has 0 bridgehead atoms. The molecule has 7 nitrogen and oxygen atoms in total. The number of benzene rings is 1. The van der Waals surface area contributed by atoms with Gasteiger partial charge in [-0.2, -0.15) is 0 Å². The van der Waals surface area contributed by atoms with E-state index in [0.717, 1.165) is 0 Å². The van der Waals surface area contributed by atoms with Gasteiger partial charge in [0.1, 0.15) is 17.3 Å². The fraction of sp³-hybridized carbons (Fsp3) is 0.364. The predicted octanol–water partition coefficient (Wildman–Crippen LogP) is 0.238. The van der Waals surface area contributed by atoms with Crippen LogP contribution in [-0.4, -0.2) is 41.2 Å². The minimum absolute atomic E-state index is 0.0178. The van der Waals surface area contributed by atoms with E-state index in [1.807, 2.05) is 0 Å². The van der Waals surface area contributed by atoms with Gasteiger partial charge in [-0.25, -0.2) is 13.1 Å². The summed E-state index contributed by atoms with van der Waals surface area (Å²) in [6, 6.07) is 4.65. The molecule has 3 N–H and O–H groups in total. The maximum absolute atomic E-state index is 12.1. The van der Waals surface area contributed by atoms with Crippen molar-refractivity contribution in [3.05, 3.63) is 22.7 Å². The van der Waals surface area contributed by atoms with Crippen molar-refractivity contribution in [1.29, 1.82) is 0 Å². The van der Waals surface area contributed by atoms with Gasteiger partial charge in [0.15, 0.2) is 0 Å². The van der Waals surface area contributed by atoms with Gasteiger partial charge in [0, 0.05) is 11.0 Å². The van der Waals surface area contributed by atoms with E-state index >= 15 is 0 Å². The Balaban J connectivity index is 2.69. The average molecular weight is 367 g/mol. The number of methoxy groups -OCH3 is 1. The molecule has 1 aromatic rings. The molecule has 1 rings (SSSR count). The SMILES string of the molecule is COc1ccc(Br)cc1S(=O)(=O)NCCOCC(N)=O. The van der Waals surface area contributed by atoms with Crippen LogP contribution in [0.1, 0.15) is 0 Å². The van der Waals surface area contributed by atoms with Gasteiger partial charge in [0.05, 0.1) is 13.7 Å². The van der Waals surface area contributed by atoms with Gasteiger partial charge < -0.3 is 15.2 Å². The van der Waals surface area contributed by atoms with Gasteiger partial charge in [-0.3, -0.25) is 4.79 Å². The summed E-state index contributed by atoms with van der Waals surface area (Å²) < 4.78 is 37.0. The van der Waals surface area contributed by atoms with E-state index in [0.29, 0.717) is 4.47 Å². The number of hydrogen-bond acceptors (Lipinski definition) is 5. The standard InChI is InChI=1S/C11H15BrN2O5S/c1-18-9-3-2-8(12)6-10(9)20(16,17)14-4-5-19-7-11(13)15/h2-3,6,14H,4-5,7H2,1H3,(H2,13,15). The number of nitrogens with two attached hydrogens (primary N) is 1. The molecule has 1 aromatic carbocycles. The Kier molecular flexibility index (Phi) is 6.40. The third-order valence-corrected chi connectivity index (χ3v) is 4.17. The van der Waals surface area contributed by atoms with Crippen molar-refractivity contribution < 1.29 is 22.7 Å². The summed E-state index contributed by atoms with van der Waals surface area (Å²) in [4.78, 5) is 10.5. The topological polar surface area (TPSA) is 108 Å². The number of carbonyl (C=O) groups excluding carboxylic acids is 1. The summed E-state index contributed by atoms with van der Waals surface area (Å²) in [5.41, 5.74) is 4.88. The van der Waals surface area contributed by atoms with Crippen LogP contribution >= 0.6 is 15.9 Å². The second-order valence-corrected chi connectivity index (χ2v) is 6.36. The second kappa shape index (κ2) is 7.58. The van der Waals surface area contributed by atoms with Crippen molar-refractivity contribution in [2.45, 2.75) is 4.90 Å². The number of nitrogens with one attached hydrogen (secondary N) is 1. The lowest BCUT2D eigenvalue weighted by Gasteiger charge is -2.11. The van der Waals surface area contributed by atoms with Crippen LogP contribution in [0.5, 0.6) is 5.75 Å². The van der Waals surface area contributed by atoms with Crippen LogP contribution < -0.4 is 15.2 Å². The molecule has 112 valence electrons. The fourth-order valence-corrected chi connectivity index (χ4v) is 3.08. The zero-order valence-corrected chi connectivity index (χ0v) is 13.2. The number of carbonyl (C=O) groups is 1. The molecule has 0 aliphatic heterocycles. The van der Waals surface area contributed by atoms with Crippen molar-refractivity contribution in [3.8, 4) is 5.75 Å². The van der Waals surface area contributed by atoms with Crippen molar-refractivity contribution in [3.63, 3.8) is 0 Å². The number of amides is 1. The fourth-order valence-electron chi connectivity index (χ4n) is 1.36. The van der Waals surface area contributed by atoms with Crippen molar-refractivity contribution in [2.75, 3.05) is 26.9 Å². The van der Waals surface area contributed by atoms with E-state index in [-0.39, 0.29) is 30.4 Å². The van der Waals surface area contributed by atoms with Crippen LogP contribution in [0.3, 0.4) is 0 Å². The van der Waals surface area contributed by atoms with Crippen LogP contribution in [0.25, 0.3) is 0 Å². The largest absolute Gasteiger partial charge is 0.495 e. The Morgan fingerprint density at radius 3 is 2.75 bits per heavy atom. The molecule has 0 heterocycles. The zero-order chi connectivity index (χ0) is 15.2. The van der Waals surface area contributed by atoms with Gasteiger partial charge in [-0.05, 0) is 18.2 Å². The van der Waals surface area contributed by atoms with Crippen LogP contribution in [0.2, 0.25) is 0 Å². The molecule has 0 fully saturated rings. The summed E-state index contributed by atoms with van der Waals surface area (Å²) >= 11 is 3.20. The smallest absolute Gasteiger partial charge is 0.244 e.